The van der Waals surface area contributed by atoms with E-state index in [-0.39, 0.29) is 6.10 Å². The van der Waals surface area contributed by atoms with Gasteiger partial charge in [-0.15, -0.1) is 0 Å². The van der Waals surface area contributed by atoms with Crippen molar-refractivity contribution in [3.05, 3.63) is 6.92 Å². The summed E-state index contributed by atoms with van der Waals surface area (Å²) in [5.74, 6) is 0. The van der Waals surface area contributed by atoms with Crippen LogP contribution in [0.25, 0.3) is 0 Å². The lowest BCUT2D eigenvalue weighted by molar-refractivity contribution is 0.119. The minimum Gasteiger partial charge on any atom is -0.366 e. The van der Waals surface area contributed by atoms with E-state index in [2.05, 4.69) is 11.7 Å². The van der Waals surface area contributed by atoms with Crippen LogP contribution in [-0.4, -0.2) is 22.2 Å². The molecular weight excluding hydrogens is 143 g/mol. The monoisotopic (exact) mass is 153 g/mol. The second-order valence-electron chi connectivity index (χ2n) is 1.77. The van der Waals surface area contributed by atoms with Gasteiger partial charge in [-0.2, -0.15) is 0 Å². The lowest BCUT2D eigenvalue weighted by Gasteiger charge is -2.07. The van der Waals surface area contributed by atoms with Gasteiger partial charge in [0, 0.05) is 0 Å². The Hall–Kier alpha value is 0.110. The third-order valence-corrected chi connectivity index (χ3v) is 1.01. The molecule has 5 heteroatoms. The Labute approximate surface area is 54.0 Å². The van der Waals surface area contributed by atoms with Gasteiger partial charge in [0.1, 0.15) is 6.35 Å². The van der Waals surface area contributed by atoms with Crippen LogP contribution in [0.3, 0.4) is 0 Å². The van der Waals surface area contributed by atoms with Crippen LogP contribution in [0, 0.1) is 6.92 Å². The Morgan fingerprint density at radius 3 is 2.33 bits per heavy atom. The molecule has 0 aromatic rings. The van der Waals surface area contributed by atoms with Gasteiger partial charge in [-0.05, 0) is 13.8 Å². The number of ether oxygens (including phenoxy) is 1. The summed E-state index contributed by atoms with van der Waals surface area (Å²) in [7, 11) is -3.98. The topological polar surface area (TPSA) is 66.8 Å². The molecule has 0 aromatic heterocycles. The van der Waals surface area contributed by atoms with Crippen LogP contribution in [0.15, 0.2) is 0 Å². The molecule has 0 aliphatic rings. The summed E-state index contributed by atoms with van der Waals surface area (Å²) in [6.45, 7) is 4.98. The number of rotatable bonds is 3. The SMILES string of the molecule is [CH2][C@H](C)OCP(=O)(O)O. The first-order valence-electron chi connectivity index (χ1n) is 2.41. The largest absolute Gasteiger partial charge is 0.366 e. The molecule has 0 aliphatic heterocycles. The number of hydrogen-bond acceptors (Lipinski definition) is 2. The Morgan fingerprint density at radius 2 is 2.22 bits per heavy atom. The van der Waals surface area contributed by atoms with Gasteiger partial charge in [-0.25, -0.2) is 0 Å². The van der Waals surface area contributed by atoms with Crippen molar-refractivity contribution in [2.24, 2.45) is 0 Å². The summed E-state index contributed by atoms with van der Waals surface area (Å²) in [6, 6.07) is 0. The molecule has 0 amide bonds. The Bertz CT molecular complexity index is 116. The third-order valence-electron chi connectivity index (χ3n) is 0.527. The van der Waals surface area contributed by atoms with Gasteiger partial charge in [0.05, 0.1) is 6.10 Å². The van der Waals surface area contributed by atoms with Crippen molar-refractivity contribution >= 4 is 7.60 Å². The highest BCUT2D eigenvalue weighted by atomic mass is 31.2. The predicted octanol–water partition coefficient (Wildman–Crippen LogP) is 0.361. The summed E-state index contributed by atoms with van der Waals surface area (Å²) in [5, 5.41) is 0. The molecule has 0 bridgehead atoms. The van der Waals surface area contributed by atoms with Crippen molar-refractivity contribution in [3.8, 4) is 0 Å². The fraction of sp³-hybridized carbons (Fsp3) is 0.750. The lowest BCUT2D eigenvalue weighted by atomic mass is 10.5. The van der Waals surface area contributed by atoms with Gasteiger partial charge in [-0.1, -0.05) is 0 Å². The van der Waals surface area contributed by atoms with E-state index >= 15 is 0 Å². The smallest absolute Gasteiger partial charge is 0.350 e. The van der Waals surface area contributed by atoms with Crippen molar-refractivity contribution < 1.29 is 19.1 Å². The summed E-state index contributed by atoms with van der Waals surface area (Å²) in [5.41, 5.74) is 0. The normalized spacial score (nSPS) is 12.6. The highest BCUT2D eigenvalue weighted by Gasteiger charge is 2.12. The summed E-state index contributed by atoms with van der Waals surface area (Å²) in [4.78, 5) is 16.4. The second kappa shape index (κ2) is 3.32. The maximum Gasteiger partial charge on any atom is 0.350 e. The fourth-order valence-electron chi connectivity index (χ4n) is 0.224. The molecule has 0 unspecified atom stereocenters. The van der Waals surface area contributed by atoms with E-state index in [4.69, 9.17) is 9.79 Å². The quantitative estimate of drug-likeness (QED) is 0.574. The molecule has 0 heterocycles. The minimum absolute atomic E-state index is 0.377. The maximum absolute atomic E-state index is 10.1. The second-order valence-corrected chi connectivity index (χ2v) is 3.36. The molecule has 0 rings (SSSR count). The maximum atomic E-state index is 10.1. The van der Waals surface area contributed by atoms with E-state index in [0.29, 0.717) is 0 Å². The molecule has 1 radical (unpaired) electrons. The van der Waals surface area contributed by atoms with E-state index < -0.39 is 13.9 Å². The zero-order chi connectivity index (χ0) is 7.49. The van der Waals surface area contributed by atoms with Crippen LogP contribution < -0.4 is 0 Å². The summed E-state index contributed by atoms with van der Waals surface area (Å²) < 4.78 is 14.6. The Balaban J connectivity index is 3.40. The molecule has 0 saturated carbocycles. The lowest BCUT2D eigenvalue weighted by Crippen LogP contribution is -2.04. The summed E-state index contributed by atoms with van der Waals surface area (Å²) in [6.07, 6.45) is -0.921. The first-order chi connectivity index (χ1) is 3.92. The molecule has 0 aliphatic carbocycles. The number of hydrogen-bond donors (Lipinski definition) is 2. The van der Waals surface area contributed by atoms with Crippen LogP contribution in [-0.2, 0) is 9.30 Å². The molecule has 0 saturated heterocycles. The molecule has 55 valence electrons. The molecule has 9 heavy (non-hydrogen) atoms. The van der Waals surface area contributed by atoms with Crippen molar-refractivity contribution in [3.63, 3.8) is 0 Å². The third kappa shape index (κ3) is 8.11. The Morgan fingerprint density at radius 1 is 1.78 bits per heavy atom. The molecule has 0 fully saturated rings. The van der Waals surface area contributed by atoms with E-state index in [1.807, 2.05) is 0 Å². The highest BCUT2D eigenvalue weighted by Crippen LogP contribution is 2.34. The average Bonchev–Trinajstić information content (AvgIpc) is 1.59. The van der Waals surface area contributed by atoms with Gasteiger partial charge in [0.15, 0.2) is 0 Å². The summed E-state index contributed by atoms with van der Waals surface area (Å²) >= 11 is 0. The molecule has 0 spiro atoms. The highest BCUT2D eigenvalue weighted by molar-refractivity contribution is 7.51. The molecule has 2 N–H and O–H groups in total. The van der Waals surface area contributed by atoms with Crippen molar-refractivity contribution in [2.45, 2.75) is 13.0 Å². The van der Waals surface area contributed by atoms with Crippen LogP contribution in [0.5, 0.6) is 0 Å². The predicted molar refractivity (Wildman–Crippen MR) is 32.8 cm³/mol. The fourth-order valence-corrected chi connectivity index (χ4v) is 0.673. The van der Waals surface area contributed by atoms with Gasteiger partial charge in [0.2, 0.25) is 0 Å². The first kappa shape index (κ1) is 9.11. The van der Waals surface area contributed by atoms with E-state index in [1.165, 1.54) is 0 Å². The molecule has 0 aromatic carbocycles. The zero-order valence-corrected chi connectivity index (χ0v) is 6.04. The average molecular weight is 153 g/mol. The van der Waals surface area contributed by atoms with E-state index in [9.17, 15) is 4.57 Å². The molecular formula is C4H10O4P. The van der Waals surface area contributed by atoms with Gasteiger partial charge < -0.3 is 14.5 Å². The van der Waals surface area contributed by atoms with E-state index in [0.717, 1.165) is 0 Å². The Kier molecular flexibility index (Phi) is 3.36. The zero-order valence-electron chi connectivity index (χ0n) is 5.15. The van der Waals surface area contributed by atoms with Crippen molar-refractivity contribution in [2.75, 3.05) is 6.35 Å². The van der Waals surface area contributed by atoms with Crippen LogP contribution in [0.1, 0.15) is 6.92 Å². The van der Waals surface area contributed by atoms with Crippen LogP contribution >= 0.6 is 7.60 Å². The van der Waals surface area contributed by atoms with Crippen LogP contribution in [0.2, 0.25) is 0 Å². The van der Waals surface area contributed by atoms with Crippen molar-refractivity contribution in [1.82, 2.24) is 0 Å². The first-order valence-corrected chi connectivity index (χ1v) is 4.21. The van der Waals surface area contributed by atoms with Crippen LogP contribution in [0.4, 0.5) is 0 Å². The van der Waals surface area contributed by atoms with Gasteiger partial charge in [0.25, 0.3) is 0 Å². The molecule has 4 nitrogen and oxygen atoms in total. The minimum atomic E-state index is -3.98. The standard InChI is InChI=1S/C4H10O4P/c1-4(2)8-3-9(5,6)7/h4H,1,3H2,2H3,(H2,5,6,7)/t4-/m1/s1. The van der Waals surface area contributed by atoms with Gasteiger partial charge in [-0.3, -0.25) is 4.57 Å². The van der Waals surface area contributed by atoms with E-state index in [1.54, 1.807) is 6.92 Å². The van der Waals surface area contributed by atoms with Gasteiger partial charge >= 0.3 is 7.60 Å². The van der Waals surface area contributed by atoms with Crippen molar-refractivity contribution in [1.29, 1.82) is 0 Å². The molecule has 1 atom stereocenters.